The van der Waals surface area contributed by atoms with E-state index in [9.17, 15) is 5.11 Å². The highest BCUT2D eigenvalue weighted by Gasteiger charge is 2.33. The molecule has 1 rings (SSSR count). The number of aliphatic hydroxyl groups excluding tert-OH is 1. The molecule has 1 heterocycles. The molecular weight excluding hydrogens is 240 g/mol. The number of likely N-dealkylation sites (N-methyl/N-ethyl adjacent to an activating group) is 1. The van der Waals surface area contributed by atoms with Gasteiger partial charge in [-0.25, -0.2) is 0 Å². The largest absolute Gasteiger partial charge is 0.396 e. The van der Waals surface area contributed by atoms with Crippen molar-refractivity contribution in [2.75, 3.05) is 39.8 Å². The van der Waals surface area contributed by atoms with Gasteiger partial charge in [0.15, 0.2) is 0 Å². The Balaban J connectivity index is 2.76. The smallest absolute Gasteiger partial charge is 0.0997 e. The van der Waals surface area contributed by atoms with E-state index in [0.717, 1.165) is 26.2 Å². The van der Waals surface area contributed by atoms with Gasteiger partial charge in [0, 0.05) is 44.7 Å². The van der Waals surface area contributed by atoms with Crippen LogP contribution < -0.4 is 5.73 Å². The van der Waals surface area contributed by atoms with Crippen LogP contribution >= 0.6 is 0 Å². The summed E-state index contributed by atoms with van der Waals surface area (Å²) in [7, 11) is 2.11. The lowest BCUT2D eigenvalue weighted by Gasteiger charge is -2.40. The summed E-state index contributed by atoms with van der Waals surface area (Å²) >= 11 is 0. The average Bonchev–Trinajstić information content (AvgIpc) is 2.39. The minimum Gasteiger partial charge on any atom is -0.396 e. The number of aliphatic hydroxyl groups is 1. The molecule has 1 saturated heterocycles. The topological polar surface area (TPSA) is 76.6 Å². The van der Waals surface area contributed by atoms with E-state index in [0.29, 0.717) is 5.84 Å². The molecule has 1 unspecified atom stereocenters. The Morgan fingerprint density at radius 1 is 1.21 bits per heavy atom. The van der Waals surface area contributed by atoms with E-state index in [1.165, 1.54) is 0 Å². The lowest BCUT2D eigenvalue weighted by molar-refractivity contribution is 0.157. The van der Waals surface area contributed by atoms with Crippen molar-refractivity contribution in [1.29, 1.82) is 5.41 Å². The van der Waals surface area contributed by atoms with Crippen LogP contribution in [-0.4, -0.2) is 66.6 Å². The van der Waals surface area contributed by atoms with Crippen molar-refractivity contribution in [3.63, 3.8) is 0 Å². The maximum absolute atomic E-state index is 9.46. The molecule has 0 aromatic carbocycles. The van der Waals surface area contributed by atoms with Gasteiger partial charge in [-0.05, 0) is 25.8 Å². The average molecular weight is 270 g/mol. The number of nitrogens with zero attached hydrogens (tertiary/aromatic N) is 2. The van der Waals surface area contributed by atoms with Crippen LogP contribution in [0, 0.1) is 23.2 Å². The summed E-state index contributed by atoms with van der Waals surface area (Å²) in [4.78, 5) is 4.43. The monoisotopic (exact) mass is 270 g/mol. The normalized spacial score (nSPS) is 23.8. The van der Waals surface area contributed by atoms with E-state index in [1.807, 2.05) is 13.8 Å². The quantitative estimate of drug-likeness (QED) is 0.500. The molecule has 5 nitrogen and oxygen atoms in total. The highest BCUT2D eigenvalue weighted by atomic mass is 16.3. The molecule has 0 saturated carbocycles. The first kappa shape index (κ1) is 16.4. The van der Waals surface area contributed by atoms with Crippen molar-refractivity contribution in [2.45, 2.75) is 26.8 Å². The first-order valence-electron chi connectivity index (χ1n) is 7.26. The van der Waals surface area contributed by atoms with Crippen LogP contribution in [0.5, 0.6) is 0 Å². The molecule has 0 aromatic heterocycles. The predicted molar refractivity (Wildman–Crippen MR) is 79.3 cm³/mol. The first-order valence-corrected chi connectivity index (χ1v) is 7.26. The van der Waals surface area contributed by atoms with E-state index in [-0.39, 0.29) is 30.4 Å². The van der Waals surface area contributed by atoms with Gasteiger partial charge in [0.25, 0.3) is 0 Å². The Labute approximate surface area is 117 Å². The number of piperazine rings is 1. The molecule has 1 aliphatic heterocycles. The Bertz CT molecular complexity index is 287. The standard InChI is InChI=1S/C14H30N4O/c1-10(9-19)13(11(2)12(3)15)14(16)18-7-5-17(4)6-8-18/h10-13,16,19H,5-9,15H2,1-4H3/t10?,11-,12-,13-/m1/s1. The molecule has 1 fully saturated rings. The molecule has 0 amide bonds. The number of nitrogens with two attached hydrogens (primary N) is 1. The fraction of sp³-hybridized carbons (Fsp3) is 0.929. The van der Waals surface area contributed by atoms with Gasteiger partial charge in [-0.2, -0.15) is 0 Å². The van der Waals surface area contributed by atoms with Crippen LogP contribution in [0.2, 0.25) is 0 Å². The maximum Gasteiger partial charge on any atom is 0.0997 e. The fourth-order valence-electron chi connectivity index (χ4n) is 2.74. The highest BCUT2D eigenvalue weighted by Crippen LogP contribution is 2.26. The van der Waals surface area contributed by atoms with Gasteiger partial charge in [0.2, 0.25) is 0 Å². The molecule has 19 heavy (non-hydrogen) atoms. The van der Waals surface area contributed by atoms with E-state index < -0.39 is 0 Å². The van der Waals surface area contributed by atoms with Crippen LogP contribution in [0.25, 0.3) is 0 Å². The highest BCUT2D eigenvalue weighted by molar-refractivity contribution is 5.82. The van der Waals surface area contributed by atoms with Crippen LogP contribution in [-0.2, 0) is 0 Å². The van der Waals surface area contributed by atoms with Crippen molar-refractivity contribution < 1.29 is 5.11 Å². The molecule has 4 atom stereocenters. The third kappa shape index (κ3) is 4.16. The third-order valence-corrected chi connectivity index (χ3v) is 4.46. The van der Waals surface area contributed by atoms with Gasteiger partial charge in [-0.1, -0.05) is 13.8 Å². The molecule has 4 N–H and O–H groups in total. The molecule has 0 aliphatic carbocycles. The molecule has 0 radical (unpaired) electrons. The number of hydrogen-bond donors (Lipinski definition) is 3. The van der Waals surface area contributed by atoms with Gasteiger partial charge in [-0.3, -0.25) is 5.41 Å². The van der Waals surface area contributed by atoms with Crippen molar-refractivity contribution in [3.05, 3.63) is 0 Å². The predicted octanol–water partition coefficient (Wildman–Crippen LogP) is 0.439. The van der Waals surface area contributed by atoms with E-state index in [1.54, 1.807) is 0 Å². The molecular formula is C14H30N4O. The van der Waals surface area contributed by atoms with Gasteiger partial charge in [0.1, 0.15) is 0 Å². The molecule has 5 heteroatoms. The Morgan fingerprint density at radius 3 is 2.16 bits per heavy atom. The SMILES string of the molecule is CC(CO)[C@@H](C(=N)N1CCN(C)CC1)[C@H](C)[C@@H](C)N. The summed E-state index contributed by atoms with van der Waals surface area (Å²) in [6.45, 7) is 9.98. The molecule has 0 aromatic rings. The summed E-state index contributed by atoms with van der Waals surface area (Å²) in [6.07, 6.45) is 0. The second-order valence-electron chi connectivity index (χ2n) is 6.08. The lowest BCUT2D eigenvalue weighted by atomic mass is 9.79. The number of rotatable bonds is 5. The van der Waals surface area contributed by atoms with Gasteiger partial charge >= 0.3 is 0 Å². The van der Waals surface area contributed by atoms with Crippen molar-refractivity contribution >= 4 is 5.84 Å². The molecule has 0 bridgehead atoms. The van der Waals surface area contributed by atoms with Crippen molar-refractivity contribution in [3.8, 4) is 0 Å². The molecule has 1 aliphatic rings. The van der Waals surface area contributed by atoms with Crippen LogP contribution in [0.1, 0.15) is 20.8 Å². The minimum absolute atomic E-state index is 0.0341. The summed E-state index contributed by atoms with van der Waals surface area (Å²) in [5.41, 5.74) is 6.01. The van der Waals surface area contributed by atoms with Gasteiger partial charge < -0.3 is 20.6 Å². The second kappa shape index (κ2) is 7.22. The molecule has 112 valence electrons. The zero-order valence-electron chi connectivity index (χ0n) is 12.8. The minimum atomic E-state index is 0.0341. The second-order valence-corrected chi connectivity index (χ2v) is 6.08. The van der Waals surface area contributed by atoms with Crippen molar-refractivity contribution in [2.24, 2.45) is 23.5 Å². The summed E-state index contributed by atoms with van der Waals surface area (Å²) in [5, 5.41) is 18.0. The van der Waals surface area contributed by atoms with E-state index in [2.05, 4.69) is 23.8 Å². The zero-order chi connectivity index (χ0) is 14.6. The first-order chi connectivity index (χ1) is 8.88. The Morgan fingerprint density at radius 2 is 1.74 bits per heavy atom. The van der Waals surface area contributed by atoms with Crippen LogP contribution in [0.15, 0.2) is 0 Å². The maximum atomic E-state index is 9.46. The van der Waals surface area contributed by atoms with Crippen molar-refractivity contribution in [1.82, 2.24) is 9.80 Å². The van der Waals surface area contributed by atoms with Crippen LogP contribution in [0.3, 0.4) is 0 Å². The van der Waals surface area contributed by atoms with Crippen LogP contribution in [0.4, 0.5) is 0 Å². The summed E-state index contributed by atoms with van der Waals surface area (Å²) in [6, 6.07) is 0.0341. The fourth-order valence-corrected chi connectivity index (χ4v) is 2.74. The summed E-state index contributed by atoms with van der Waals surface area (Å²) < 4.78 is 0. The van der Waals surface area contributed by atoms with Gasteiger partial charge in [0.05, 0.1) is 5.84 Å². The Kier molecular flexibility index (Phi) is 6.23. The number of nitrogens with one attached hydrogen (secondary N) is 1. The number of amidine groups is 1. The lowest BCUT2D eigenvalue weighted by Crippen LogP contribution is -2.52. The number of hydrogen-bond acceptors (Lipinski definition) is 4. The Hall–Kier alpha value is -0.650. The van der Waals surface area contributed by atoms with E-state index >= 15 is 0 Å². The van der Waals surface area contributed by atoms with E-state index in [4.69, 9.17) is 11.1 Å². The zero-order valence-corrected chi connectivity index (χ0v) is 12.8. The van der Waals surface area contributed by atoms with Gasteiger partial charge in [-0.15, -0.1) is 0 Å². The summed E-state index contributed by atoms with van der Waals surface area (Å²) in [5.74, 6) is 0.968. The molecule has 0 spiro atoms. The third-order valence-electron chi connectivity index (χ3n) is 4.46.